The fourth-order valence-corrected chi connectivity index (χ4v) is 1.63. The van der Waals surface area contributed by atoms with Gasteiger partial charge in [-0.3, -0.25) is 14.5 Å². The number of carbonyl (C=O) groups is 1. The number of carbonyl (C=O) groups excluding carboxylic acids is 1. The Labute approximate surface area is 107 Å². The van der Waals surface area contributed by atoms with Crippen molar-refractivity contribution in [3.8, 4) is 0 Å². The number of aromatic nitrogens is 1. The molecule has 5 heteroatoms. The fourth-order valence-electron chi connectivity index (χ4n) is 1.63. The third kappa shape index (κ3) is 4.71. The molecule has 0 fully saturated rings. The van der Waals surface area contributed by atoms with Crippen molar-refractivity contribution in [1.29, 1.82) is 0 Å². The highest BCUT2D eigenvalue weighted by Crippen LogP contribution is 1.92. The van der Waals surface area contributed by atoms with Gasteiger partial charge in [0, 0.05) is 25.4 Å². The standard InChI is InChI=1S/C13H20N2O3/c1-3-14(11-13(17)18-4-2)9-10-15-8-6-5-7-12(15)16/h5-8H,3-4,9-11H2,1-2H3. The zero-order valence-corrected chi connectivity index (χ0v) is 11.0. The minimum atomic E-state index is -0.222. The second-order valence-electron chi connectivity index (χ2n) is 3.91. The molecule has 0 saturated heterocycles. The Morgan fingerprint density at radius 3 is 2.78 bits per heavy atom. The zero-order chi connectivity index (χ0) is 13.4. The number of hydrogen-bond donors (Lipinski definition) is 0. The molecule has 18 heavy (non-hydrogen) atoms. The maximum atomic E-state index is 11.5. The molecular formula is C13H20N2O3. The van der Waals surface area contributed by atoms with Crippen LogP contribution in [-0.4, -0.2) is 41.7 Å². The van der Waals surface area contributed by atoms with Gasteiger partial charge in [-0.25, -0.2) is 0 Å². The quantitative estimate of drug-likeness (QED) is 0.671. The first-order chi connectivity index (χ1) is 8.67. The van der Waals surface area contributed by atoms with Crippen LogP contribution in [0.3, 0.4) is 0 Å². The van der Waals surface area contributed by atoms with E-state index in [0.717, 1.165) is 6.54 Å². The third-order valence-corrected chi connectivity index (χ3v) is 2.66. The number of likely N-dealkylation sites (N-methyl/N-ethyl adjacent to an activating group) is 1. The molecule has 0 saturated carbocycles. The third-order valence-electron chi connectivity index (χ3n) is 2.66. The van der Waals surface area contributed by atoms with Crippen molar-refractivity contribution in [3.05, 3.63) is 34.7 Å². The molecule has 1 aromatic heterocycles. The minimum Gasteiger partial charge on any atom is -0.465 e. The van der Waals surface area contributed by atoms with E-state index in [0.29, 0.717) is 19.7 Å². The summed E-state index contributed by atoms with van der Waals surface area (Å²) in [5.41, 5.74) is -0.0234. The molecule has 0 atom stereocenters. The van der Waals surface area contributed by atoms with Crippen molar-refractivity contribution in [2.45, 2.75) is 20.4 Å². The van der Waals surface area contributed by atoms with Crippen LogP contribution in [0.15, 0.2) is 29.2 Å². The maximum Gasteiger partial charge on any atom is 0.320 e. The lowest BCUT2D eigenvalue weighted by Crippen LogP contribution is -2.35. The lowest BCUT2D eigenvalue weighted by Gasteiger charge is -2.19. The highest BCUT2D eigenvalue weighted by Gasteiger charge is 2.09. The molecule has 1 aromatic rings. The number of esters is 1. The van der Waals surface area contributed by atoms with E-state index in [1.165, 1.54) is 6.07 Å². The normalized spacial score (nSPS) is 10.6. The van der Waals surface area contributed by atoms with Crippen molar-refractivity contribution < 1.29 is 9.53 Å². The molecule has 1 heterocycles. The summed E-state index contributed by atoms with van der Waals surface area (Å²) in [6.07, 6.45) is 1.75. The second-order valence-corrected chi connectivity index (χ2v) is 3.91. The molecular weight excluding hydrogens is 232 g/mol. The van der Waals surface area contributed by atoms with Crippen molar-refractivity contribution in [2.75, 3.05) is 26.2 Å². The summed E-state index contributed by atoms with van der Waals surface area (Å²) in [6.45, 7) is 6.41. The SMILES string of the molecule is CCOC(=O)CN(CC)CCn1ccccc1=O. The fraction of sp³-hybridized carbons (Fsp3) is 0.538. The average Bonchev–Trinajstić information content (AvgIpc) is 2.36. The topological polar surface area (TPSA) is 51.5 Å². The van der Waals surface area contributed by atoms with Gasteiger partial charge in [0.1, 0.15) is 0 Å². The van der Waals surface area contributed by atoms with Crippen molar-refractivity contribution in [1.82, 2.24) is 9.47 Å². The van der Waals surface area contributed by atoms with Crippen molar-refractivity contribution >= 4 is 5.97 Å². The van der Waals surface area contributed by atoms with E-state index in [-0.39, 0.29) is 18.1 Å². The summed E-state index contributed by atoms with van der Waals surface area (Å²) in [5.74, 6) is -0.222. The molecule has 0 aliphatic carbocycles. The maximum absolute atomic E-state index is 11.5. The molecule has 0 N–H and O–H groups in total. The summed E-state index contributed by atoms with van der Waals surface area (Å²) in [4.78, 5) is 24.8. The Morgan fingerprint density at radius 2 is 2.17 bits per heavy atom. The first-order valence-electron chi connectivity index (χ1n) is 6.20. The van der Waals surface area contributed by atoms with E-state index in [1.807, 2.05) is 17.9 Å². The summed E-state index contributed by atoms with van der Waals surface area (Å²) in [7, 11) is 0. The number of pyridine rings is 1. The summed E-state index contributed by atoms with van der Waals surface area (Å²) in [5, 5.41) is 0. The molecule has 0 spiro atoms. The minimum absolute atomic E-state index is 0.0234. The van der Waals surface area contributed by atoms with Crippen LogP contribution in [0.4, 0.5) is 0 Å². The van der Waals surface area contributed by atoms with Crippen molar-refractivity contribution in [3.63, 3.8) is 0 Å². The van der Waals surface area contributed by atoms with Gasteiger partial charge >= 0.3 is 5.97 Å². The Kier molecular flexibility index (Phi) is 6.14. The van der Waals surface area contributed by atoms with Crippen LogP contribution in [-0.2, 0) is 16.1 Å². The van der Waals surface area contributed by atoms with Crippen LogP contribution in [0.1, 0.15) is 13.8 Å². The molecule has 0 aliphatic heterocycles. The van der Waals surface area contributed by atoms with Gasteiger partial charge in [-0.1, -0.05) is 13.0 Å². The van der Waals surface area contributed by atoms with Crippen LogP contribution in [0.2, 0.25) is 0 Å². The van der Waals surface area contributed by atoms with E-state index in [9.17, 15) is 9.59 Å². The molecule has 0 aliphatic rings. The van der Waals surface area contributed by atoms with E-state index in [2.05, 4.69) is 0 Å². The Bertz CT molecular complexity index is 428. The number of ether oxygens (including phenoxy) is 1. The monoisotopic (exact) mass is 252 g/mol. The first kappa shape index (κ1) is 14.4. The Balaban J connectivity index is 2.47. The highest BCUT2D eigenvalue weighted by atomic mass is 16.5. The molecule has 5 nitrogen and oxygen atoms in total. The van der Waals surface area contributed by atoms with Crippen LogP contribution in [0.5, 0.6) is 0 Å². The van der Waals surface area contributed by atoms with Crippen LogP contribution in [0.25, 0.3) is 0 Å². The average molecular weight is 252 g/mol. The number of rotatable bonds is 7. The van der Waals surface area contributed by atoms with E-state index < -0.39 is 0 Å². The van der Waals surface area contributed by atoms with Gasteiger partial charge in [-0.05, 0) is 19.5 Å². The predicted octanol–water partition coefficient (Wildman–Crippen LogP) is 0.733. The largest absolute Gasteiger partial charge is 0.465 e. The van der Waals surface area contributed by atoms with Gasteiger partial charge in [0.05, 0.1) is 13.2 Å². The van der Waals surface area contributed by atoms with Gasteiger partial charge in [0.2, 0.25) is 0 Å². The van der Waals surface area contributed by atoms with Crippen LogP contribution >= 0.6 is 0 Å². The van der Waals surface area contributed by atoms with Crippen LogP contribution < -0.4 is 5.56 Å². The Hall–Kier alpha value is -1.62. The van der Waals surface area contributed by atoms with Gasteiger partial charge in [0.15, 0.2) is 0 Å². The summed E-state index contributed by atoms with van der Waals surface area (Å²) < 4.78 is 6.53. The van der Waals surface area contributed by atoms with Gasteiger partial charge < -0.3 is 9.30 Å². The van der Waals surface area contributed by atoms with E-state index in [1.54, 1.807) is 23.8 Å². The highest BCUT2D eigenvalue weighted by molar-refractivity contribution is 5.71. The zero-order valence-electron chi connectivity index (χ0n) is 11.0. The molecule has 0 radical (unpaired) electrons. The molecule has 0 unspecified atom stereocenters. The Morgan fingerprint density at radius 1 is 1.39 bits per heavy atom. The molecule has 0 amide bonds. The lowest BCUT2D eigenvalue weighted by atomic mass is 10.4. The number of nitrogens with zero attached hydrogens (tertiary/aromatic N) is 2. The smallest absolute Gasteiger partial charge is 0.320 e. The van der Waals surface area contributed by atoms with Crippen molar-refractivity contribution in [2.24, 2.45) is 0 Å². The van der Waals surface area contributed by atoms with E-state index in [4.69, 9.17) is 4.74 Å². The predicted molar refractivity (Wildman–Crippen MR) is 69.4 cm³/mol. The van der Waals surface area contributed by atoms with Gasteiger partial charge in [0.25, 0.3) is 5.56 Å². The summed E-state index contributed by atoms with van der Waals surface area (Å²) in [6, 6.07) is 5.07. The van der Waals surface area contributed by atoms with E-state index >= 15 is 0 Å². The summed E-state index contributed by atoms with van der Waals surface area (Å²) >= 11 is 0. The molecule has 1 rings (SSSR count). The second kappa shape index (κ2) is 7.66. The molecule has 100 valence electrons. The van der Waals surface area contributed by atoms with Gasteiger partial charge in [-0.15, -0.1) is 0 Å². The lowest BCUT2D eigenvalue weighted by molar-refractivity contribution is -0.144. The molecule has 0 bridgehead atoms. The van der Waals surface area contributed by atoms with Gasteiger partial charge in [-0.2, -0.15) is 0 Å². The van der Waals surface area contributed by atoms with Crippen LogP contribution in [0, 0.1) is 0 Å². The number of hydrogen-bond acceptors (Lipinski definition) is 4. The first-order valence-corrected chi connectivity index (χ1v) is 6.20. The molecule has 0 aromatic carbocycles.